The lowest BCUT2D eigenvalue weighted by molar-refractivity contribution is 0.173. The van der Waals surface area contributed by atoms with E-state index in [0.717, 1.165) is 17.5 Å². The zero-order valence-electron chi connectivity index (χ0n) is 21.3. The predicted octanol–water partition coefficient (Wildman–Crippen LogP) is 3.91. The van der Waals surface area contributed by atoms with Gasteiger partial charge >= 0.3 is 0 Å². The zero-order valence-corrected chi connectivity index (χ0v) is 21.3. The number of aromatic nitrogens is 7. The molecule has 1 aliphatic carbocycles. The van der Waals surface area contributed by atoms with E-state index < -0.39 is 0 Å². The Kier molecular flexibility index (Phi) is 6.03. The summed E-state index contributed by atoms with van der Waals surface area (Å²) in [5, 5.41) is 21.5. The van der Waals surface area contributed by atoms with Gasteiger partial charge in [0.25, 0.3) is 0 Å². The molecule has 3 atom stereocenters. The Morgan fingerprint density at radius 2 is 2.11 bits per heavy atom. The van der Waals surface area contributed by atoms with E-state index in [0.29, 0.717) is 60.2 Å². The van der Waals surface area contributed by atoms with Crippen molar-refractivity contribution in [2.45, 2.75) is 38.8 Å². The highest BCUT2D eigenvalue weighted by atomic mass is 16.5. The number of aryl methyl sites for hydroxylation is 1. The molecule has 0 aromatic carbocycles. The highest BCUT2D eigenvalue weighted by molar-refractivity contribution is 5.75. The van der Waals surface area contributed by atoms with Crippen LogP contribution in [0.5, 0.6) is 17.5 Å². The van der Waals surface area contributed by atoms with Crippen LogP contribution in [0, 0.1) is 17.2 Å². The molecule has 38 heavy (non-hydrogen) atoms. The molecule has 1 saturated carbocycles. The molecule has 12 nitrogen and oxygen atoms in total. The van der Waals surface area contributed by atoms with Crippen LogP contribution in [0.15, 0.2) is 36.9 Å². The van der Waals surface area contributed by atoms with Gasteiger partial charge in [0.2, 0.25) is 11.8 Å². The van der Waals surface area contributed by atoms with Gasteiger partial charge < -0.3 is 19.5 Å². The fourth-order valence-electron chi connectivity index (χ4n) is 4.43. The third kappa shape index (κ3) is 4.47. The number of pyridine rings is 1. The summed E-state index contributed by atoms with van der Waals surface area (Å²) in [6.45, 7) is 4.78. The van der Waals surface area contributed by atoms with Crippen LogP contribution < -0.4 is 19.5 Å². The molecule has 12 heteroatoms. The summed E-state index contributed by atoms with van der Waals surface area (Å²) in [7, 11) is 1.82. The molecule has 4 aromatic rings. The Hall–Kier alpha value is -4.66. The van der Waals surface area contributed by atoms with Crippen LogP contribution in [-0.4, -0.2) is 53.8 Å². The molecule has 4 aromatic heterocycles. The van der Waals surface area contributed by atoms with Crippen molar-refractivity contribution in [3.05, 3.63) is 36.9 Å². The second kappa shape index (κ2) is 9.66. The number of fused-ring (bicyclic) bond motifs is 6. The van der Waals surface area contributed by atoms with E-state index in [9.17, 15) is 5.26 Å². The molecule has 0 amide bonds. The molecular weight excluding hydrogens is 486 g/mol. The SMILES string of the molecule is CCOc1nn([C@H]2C[C@@H]2C#N)cc1-c1cnc2cc1O[C@@H](C)CCOc1c(cnn1C)-c1nccc(n1)N2. The van der Waals surface area contributed by atoms with Crippen molar-refractivity contribution in [3.8, 4) is 46.1 Å². The van der Waals surface area contributed by atoms with E-state index in [1.54, 1.807) is 29.3 Å². The molecule has 194 valence electrons. The van der Waals surface area contributed by atoms with Crippen molar-refractivity contribution in [1.82, 2.24) is 34.5 Å². The van der Waals surface area contributed by atoms with Crippen LogP contribution >= 0.6 is 0 Å². The molecule has 0 spiro atoms. The molecule has 1 N–H and O–H groups in total. The number of hydrogen-bond donors (Lipinski definition) is 1. The van der Waals surface area contributed by atoms with Crippen molar-refractivity contribution in [3.63, 3.8) is 0 Å². The number of ether oxygens (including phenoxy) is 3. The van der Waals surface area contributed by atoms with Gasteiger partial charge in [-0.2, -0.15) is 10.4 Å². The average molecular weight is 514 g/mol. The first-order chi connectivity index (χ1) is 18.5. The normalized spacial score (nSPS) is 20.1. The highest BCUT2D eigenvalue weighted by Crippen LogP contribution is 2.45. The Morgan fingerprint density at radius 1 is 1.21 bits per heavy atom. The van der Waals surface area contributed by atoms with E-state index in [2.05, 4.69) is 36.5 Å². The summed E-state index contributed by atoms with van der Waals surface area (Å²) in [6.07, 6.45) is 8.26. The minimum absolute atomic E-state index is 0.0334. The van der Waals surface area contributed by atoms with Gasteiger partial charge in [-0.15, -0.1) is 5.10 Å². The molecule has 0 radical (unpaired) electrons. The van der Waals surface area contributed by atoms with Gasteiger partial charge in [-0.1, -0.05) is 0 Å². The van der Waals surface area contributed by atoms with Crippen molar-refractivity contribution in [1.29, 1.82) is 5.26 Å². The van der Waals surface area contributed by atoms with Gasteiger partial charge in [-0.25, -0.2) is 19.6 Å². The number of anilines is 2. The molecule has 4 bridgehead atoms. The van der Waals surface area contributed by atoms with Gasteiger partial charge in [-0.05, 0) is 26.3 Å². The maximum Gasteiger partial charge on any atom is 0.240 e. The molecule has 6 rings (SSSR count). The van der Waals surface area contributed by atoms with Crippen LogP contribution in [0.1, 0.15) is 32.7 Å². The maximum atomic E-state index is 9.30. The summed E-state index contributed by atoms with van der Waals surface area (Å²) < 4.78 is 21.9. The van der Waals surface area contributed by atoms with Gasteiger partial charge in [0.05, 0.1) is 49.1 Å². The third-order valence-electron chi connectivity index (χ3n) is 6.53. The van der Waals surface area contributed by atoms with Crippen molar-refractivity contribution in [2.24, 2.45) is 13.0 Å². The van der Waals surface area contributed by atoms with Crippen LogP contribution in [0.2, 0.25) is 0 Å². The summed E-state index contributed by atoms with van der Waals surface area (Å²) >= 11 is 0. The van der Waals surface area contributed by atoms with Crippen LogP contribution in [0.3, 0.4) is 0 Å². The molecular formula is C26H27N9O3. The van der Waals surface area contributed by atoms with Crippen LogP contribution in [0.4, 0.5) is 11.6 Å². The van der Waals surface area contributed by atoms with E-state index >= 15 is 0 Å². The lowest BCUT2D eigenvalue weighted by Gasteiger charge is -2.19. The first kappa shape index (κ1) is 23.7. The van der Waals surface area contributed by atoms with Gasteiger partial charge in [-0.3, -0.25) is 4.68 Å². The molecule has 2 aliphatic rings. The zero-order chi connectivity index (χ0) is 26.2. The highest BCUT2D eigenvalue weighted by Gasteiger charge is 2.40. The molecule has 1 aliphatic heterocycles. The summed E-state index contributed by atoms with van der Waals surface area (Å²) in [6, 6.07) is 5.98. The maximum absolute atomic E-state index is 9.30. The van der Waals surface area contributed by atoms with Gasteiger partial charge in [0.1, 0.15) is 22.9 Å². The third-order valence-corrected chi connectivity index (χ3v) is 6.53. The Labute approximate surface area is 219 Å². The lowest BCUT2D eigenvalue weighted by atomic mass is 10.1. The molecule has 0 saturated heterocycles. The summed E-state index contributed by atoms with van der Waals surface area (Å²) in [5.74, 6) is 3.30. The fourth-order valence-corrected chi connectivity index (χ4v) is 4.43. The smallest absolute Gasteiger partial charge is 0.240 e. The van der Waals surface area contributed by atoms with E-state index in [4.69, 9.17) is 14.2 Å². The van der Waals surface area contributed by atoms with Crippen molar-refractivity contribution in [2.75, 3.05) is 18.5 Å². The Morgan fingerprint density at radius 3 is 2.92 bits per heavy atom. The summed E-state index contributed by atoms with van der Waals surface area (Å²) in [5.41, 5.74) is 2.22. The number of hydrogen-bond acceptors (Lipinski definition) is 10. The van der Waals surface area contributed by atoms with Crippen molar-refractivity contribution < 1.29 is 14.2 Å². The van der Waals surface area contributed by atoms with Crippen LogP contribution in [-0.2, 0) is 7.05 Å². The Bertz CT molecular complexity index is 1520. The fraction of sp³-hybridized carbons (Fsp3) is 0.385. The quantitative estimate of drug-likeness (QED) is 0.427. The van der Waals surface area contributed by atoms with E-state index in [1.807, 2.05) is 37.8 Å². The lowest BCUT2D eigenvalue weighted by Crippen LogP contribution is -2.17. The molecule has 0 unspecified atom stereocenters. The first-order valence-corrected chi connectivity index (χ1v) is 12.6. The molecule has 5 heterocycles. The standard InChI is InChI=1S/C26H27N9O3/c1-4-36-25-19(14-35(33-25)20-9-16(20)11-27)17-12-29-23-10-21(17)38-15(2)6-8-37-26-18(13-30-34(26)3)24-28-7-5-22(31-23)32-24/h5,7,10,12-16,20H,4,6,8-9H2,1-3H3,(H,28,29,31,32)/t15-,16+,20-/m0/s1. The second-order valence-corrected chi connectivity index (χ2v) is 9.31. The molecule has 1 fully saturated rings. The number of nitrogens with zero attached hydrogens (tertiary/aromatic N) is 8. The minimum Gasteiger partial charge on any atom is -0.490 e. The van der Waals surface area contributed by atoms with Crippen molar-refractivity contribution >= 4 is 11.6 Å². The van der Waals surface area contributed by atoms with Crippen LogP contribution in [0.25, 0.3) is 22.5 Å². The summed E-state index contributed by atoms with van der Waals surface area (Å²) in [4.78, 5) is 13.7. The minimum atomic E-state index is -0.172. The van der Waals surface area contributed by atoms with Gasteiger partial charge in [0.15, 0.2) is 5.82 Å². The number of rotatable bonds is 4. The van der Waals surface area contributed by atoms with E-state index in [-0.39, 0.29) is 18.1 Å². The number of nitrogens with one attached hydrogen (secondary N) is 1. The first-order valence-electron chi connectivity index (χ1n) is 12.6. The average Bonchev–Trinajstić information content (AvgIpc) is 3.45. The number of nitriles is 1. The van der Waals surface area contributed by atoms with Gasteiger partial charge in [0, 0.05) is 43.7 Å². The second-order valence-electron chi connectivity index (χ2n) is 9.31. The Balaban J connectivity index is 1.40. The monoisotopic (exact) mass is 513 g/mol. The predicted molar refractivity (Wildman–Crippen MR) is 137 cm³/mol. The topological polar surface area (TPSA) is 138 Å². The largest absolute Gasteiger partial charge is 0.490 e. The van der Waals surface area contributed by atoms with E-state index in [1.165, 1.54) is 0 Å².